The number of nitrogens with one attached hydrogen (secondary N) is 2. The lowest BCUT2D eigenvalue weighted by Gasteiger charge is -2.21. The summed E-state index contributed by atoms with van der Waals surface area (Å²) in [5, 5.41) is 12.3. The largest absolute Gasteiger partial charge is 0.481 e. The predicted molar refractivity (Wildman–Crippen MR) is 117 cm³/mol. The van der Waals surface area contributed by atoms with Gasteiger partial charge in [-0.05, 0) is 35.1 Å². The van der Waals surface area contributed by atoms with Crippen LogP contribution >= 0.6 is 0 Å². The van der Waals surface area contributed by atoms with Gasteiger partial charge in [0.05, 0.1) is 0 Å². The minimum Gasteiger partial charge on any atom is -0.481 e. The molecule has 2 aromatic carbocycles. The number of carboxylic acid groups (broad SMARTS) is 1. The molecular weight excluding hydrogens is 453 g/mol. The van der Waals surface area contributed by atoms with E-state index in [-0.39, 0.29) is 25.5 Å². The number of hydrogen-bond acceptors (Lipinski definition) is 4. The van der Waals surface area contributed by atoms with Crippen molar-refractivity contribution in [1.29, 1.82) is 0 Å². The molecule has 0 saturated heterocycles. The normalized spacial score (nSPS) is 13.5. The summed E-state index contributed by atoms with van der Waals surface area (Å²) in [5.74, 6) is -2.70. The van der Waals surface area contributed by atoms with Crippen LogP contribution in [-0.2, 0) is 14.3 Å². The summed E-state index contributed by atoms with van der Waals surface area (Å²) < 4.78 is 45.3. The Balaban J connectivity index is 1.55. The zero-order chi connectivity index (χ0) is 24.7. The number of fused-ring (bicyclic) bond motifs is 3. The molecule has 0 aromatic heterocycles. The topological polar surface area (TPSA) is 105 Å². The second kappa shape index (κ2) is 11.0. The van der Waals surface area contributed by atoms with E-state index in [9.17, 15) is 27.6 Å². The van der Waals surface area contributed by atoms with E-state index >= 15 is 0 Å². The van der Waals surface area contributed by atoms with Crippen LogP contribution in [0.2, 0.25) is 0 Å². The lowest BCUT2D eigenvalue weighted by atomic mass is 9.98. The van der Waals surface area contributed by atoms with Crippen molar-refractivity contribution >= 4 is 18.0 Å². The highest BCUT2D eigenvalue weighted by Gasteiger charge is 2.46. The average molecular weight is 478 g/mol. The molecule has 1 aliphatic carbocycles. The van der Waals surface area contributed by atoms with Gasteiger partial charge in [-0.1, -0.05) is 55.0 Å². The molecule has 0 aliphatic heterocycles. The quantitative estimate of drug-likeness (QED) is 0.444. The number of carboxylic acids is 1. The zero-order valence-electron chi connectivity index (χ0n) is 18.2. The number of halogens is 3. The molecule has 2 amide bonds. The van der Waals surface area contributed by atoms with Crippen LogP contribution in [0.4, 0.5) is 18.0 Å². The molecule has 0 bridgehead atoms. The van der Waals surface area contributed by atoms with Crippen molar-refractivity contribution in [3.05, 3.63) is 59.7 Å². The molecule has 3 N–H and O–H groups in total. The van der Waals surface area contributed by atoms with Crippen LogP contribution in [0.15, 0.2) is 48.5 Å². The molecule has 0 heterocycles. The summed E-state index contributed by atoms with van der Waals surface area (Å²) in [6, 6.07) is 12.3. The Morgan fingerprint density at radius 3 is 2.09 bits per heavy atom. The number of unbranched alkanes of at least 4 members (excludes halogenated alkanes) is 2. The molecule has 1 unspecified atom stereocenters. The van der Waals surface area contributed by atoms with Gasteiger partial charge in [-0.3, -0.25) is 9.59 Å². The van der Waals surface area contributed by atoms with E-state index in [2.05, 4.69) is 5.32 Å². The molecule has 182 valence electrons. The summed E-state index contributed by atoms with van der Waals surface area (Å²) >= 11 is 0. The highest BCUT2D eigenvalue weighted by Crippen LogP contribution is 2.44. The van der Waals surface area contributed by atoms with Gasteiger partial charge in [-0.2, -0.15) is 13.2 Å². The fourth-order valence-corrected chi connectivity index (χ4v) is 3.95. The average Bonchev–Trinajstić information content (AvgIpc) is 3.11. The number of carbonyl (C=O) groups excluding carboxylic acids is 2. The van der Waals surface area contributed by atoms with Crippen molar-refractivity contribution in [2.45, 2.75) is 43.8 Å². The third-order valence-corrected chi connectivity index (χ3v) is 5.56. The van der Waals surface area contributed by atoms with Gasteiger partial charge in [-0.15, -0.1) is 0 Å². The predicted octanol–water partition coefficient (Wildman–Crippen LogP) is 4.22. The van der Waals surface area contributed by atoms with E-state index in [1.807, 2.05) is 48.5 Å². The van der Waals surface area contributed by atoms with E-state index in [0.717, 1.165) is 22.3 Å². The lowest BCUT2D eigenvalue weighted by molar-refractivity contribution is -0.167. The number of alkyl carbamates (subject to hydrolysis) is 1. The third kappa shape index (κ3) is 6.27. The molecule has 0 fully saturated rings. The van der Waals surface area contributed by atoms with E-state index in [0.29, 0.717) is 19.3 Å². The molecule has 1 aliphatic rings. The van der Waals surface area contributed by atoms with Crippen molar-refractivity contribution in [2.75, 3.05) is 13.2 Å². The van der Waals surface area contributed by atoms with Crippen molar-refractivity contribution in [2.24, 2.45) is 0 Å². The van der Waals surface area contributed by atoms with Gasteiger partial charge in [0.15, 0.2) is 0 Å². The second-order valence-corrected chi connectivity index (χ2v) is 7.94. The first-order valence-corrected chi connectivity index (χ1v) is 10.9. The van der Waals surface area contributed by atoms with Gasteiger partial charge in [0.1, 0.15) is 6.61 Å². The first kappa shape index (κ1) is 25.1. The van der Waals surface area contributed by atoms with Gasteiger partial charge < -0.3 is 20.5 Å². The Hall–Kier alpha value is -3.56. The lowest BCUT2D eigenvalue weighted by Crippen LogP contribution is -2.55. The molecule has 0 saturated carbocycles. The summed E-state index contributed by atoms with van der Waals surface area (Å²) in [4.78, 5) is 34.7. The van der Waals surface area contributed by atoms with Crippen LogP contribution in [-0.4, -0.2) is 48.4 Å². The number of alkyl halides is 3. The fraction of sp³-hybridized carbons (Fsp3) is 0.375. The monoisotopic (exact) mass is 478 g/mol. The van der Waals surface area contributed by atoms with E-state index < -0.39 is 30.2 Å². The highest BCUT2D eigenvalue weighted by molar-refractivity contribution is 5.86. The molecule has 0 radical (unpaired) electrons. The number of rotatable bonds is 10. The van der Waals surface area contributed by atoms with Crippen LogP contribution in [0.3, 0.4) is 0 Å². The molecule has 7 nitrogen and oxygen atoms in total. The maximum absolute atomic E-state index is 13.4. The zero-order valence-corrected chi connectivity index (χ0v) is 18.2. The summed E-state index contributed by atoms with van der Waals surface area (Å²) in [6.07, 6.45) is -5.31. The third-order valence-electron chi connectivity index (χ3n) is 5.56. The van der Waals surface area contributed by atoms with Crippen LogP contribution in [0.5, 0.6) is 0 Å². The molecule has 10 heteroatoms. The minimum atomic E-state index is -5.01. The Bertz CT molecular complexity index is 996. The molecule has 0 spiro atoms. The van der Waals surface area contributed by atoms with Gasteiger partial charge in [0.25, 0.3) is 5.91 Å². The molecule has 34 heavy (non-hydrogen) atoms. The maximum atomic E-state index is 13.4. The highest BCUT2D eigenvalue weighted by atomic mass is 19.4. The molecular formula is C24H25F3N2O5. The van der Waals surface area contributed by atoms with Gasteiger partial charge in [0, 0.05) is 18.9 Å². The number of ether oxygens (including phenoxy) is 1. The Labute approximate surface area is 194 Å². The Morgan fingerprint density at radius 1 is 0.941 bits per heavy atom. The number of amides is 2. The number of hydrogen-bond donors (Lipinski definition) is 3. The van der Waals surface area contributed by atoms with Crippen LogP contribution in [0, 0.1) is 0 Å². The smallest absolute Gasteiger partial charge is 0.417 e. The van der Waals surface area contributed by atoms with Gasteiger partial charge >= 0.3 is 18.2 Å². The number of benzene rings is 2. The second-order valence-electron chi connectivity index (χ2n) is 7.94. The van der Waals surface area contributed by atoms with E-state index in [1.165, 1.54) is 0 Å². The van der Waals surface area contributed by atoms with Crippen molar-refractivity contribution in [1.82, 2.24) is 10.6 Å². The van der Waals surface area contributed by atoms with E-state index in [4.69, 9.17) is 9.84 Å². The summed E-state index contributed by atoms with van der Waals surface area (Å²) in [5.41, 5.74) is 3.76. The molecule has 1 atom stereocenters. The van der Waals surface area contributed by atoms with Crippen molar-refractivity contribution < 1.29 is 37.4 Å². The van der Waals surface area contributed by atoms with Gasteiger partial charge in [0.2, 0.25) is 6.04 Å². The van der Waals surface area contributed by atoms with Crippen LogP contribution < -0.4 is 10.6 Å². The summed E-state index contributed by atoms with van der Waals surface area (Å²) in [6.45, 7) is -0.257. The minimum absolute atomic E-state index is 0.0531. The van der Waals surface area contributed by atoms with Crippen molar-refractivity contribution in [3.63, 3.8) is 0 Å². The molecule has 3 rings (SSSR count). The standard InChI is InChI=1S/C24H25F3N2O5/c25-24(26,27)21(22(32)28-13-7-1-2-12-20(30)31)29-23(33)34-14-19-17-10-5-3-8-15(17)16-9-4-6-11-18(16)19/h3-6,8-11,19,21H,1-2,7,12-14H2,(H,28,32)(H,29,33)(H,30,31). The van der Waals surface area contributed by atoms with Crippen molar-refractivity contribution in [3.8, 4) is 11.1 Å². The SMILES string of the molecule is O=C(O)CCCCCNC(=O)C(NC(=O)OCC1c2ccccc2-c2ccccc21)C(F)(F)F. The maximum Gasteiger partial charge on any atom is 0.417 e. The van der Waals surface area contributed by atoms with Crippen LogP contribution in [0.1, 0.15) is 42.7 Å². The van der Waals surface area contributed by atoms with Crippen LogP contribution in [0.25, 0.3) is 11.1 Å². The van der Waals surface area contributed by atoms with Gasteiger partial charge in [-0.25, -0.2) is 4.79 Å². The Morgan fingerprint density at radius 2 is 1.53 bits per heavy atom. The Kier molecular flexibility index (Phi) is 8.14. The molecule has 2 aromatic rings. The first-order valence-electron chi connectivity index (χ1n) is 10.9. The number of aliphatic carboxylic acids is 1. The fourth-order valence-electron chi connectivity index (χ4n) is 3.95. The number of carbonyl (C=O) groups is 3. The van der Waals surface area contributed by atoms with E-state index in [1.54, 1.807) is 5.32 Å². The summed E-state index contributed by atoms with van der Waals surface area (Å²) in [7, 11) is 0. The first-order chi connectivity index (χ1) is 16.2.